The minimum Gasteiger partial charge on any atom is -0.487 e. The van der Waals surface area contributed by atoms with Gasteiger partial charge in [-0.3, -0.25) is 0 Å². The van der Waals surface area contributed by atoms with E-state index in [9.17, 15) is 5.11 Å². The minimum absolute atomic E-state index is 0.212. The van der Waals surface area contributed by atoms with Crippen LogP contribution in [-0.2, 0) is 6.54 Å². The Labute approximate surface area is 213 Å². The molecule has 6 nitrogen and oxygen atoms in total. The molecule has 0 aliphatic rings. The Balaban J connectivity index is 0. The Morgan fingerprint density at radius 3 is 2.34 bits per heavy atom. The molecule has 0 aromatic heterocycles. The van der Waals surface area contributed by atoms with Crippen LogP contribution in [-0.4, -0.2) is 41.5 Å². The van der Waals surface area contributed by atoms with Gasteiger partial charge in [-0.15, -0.1) is 26.0 Å². The van der Waals surface area contributed by atoms with Crippen LogP contribution in [0.4, 0.5) is 5.69 Å². The van der Waals surface area contributed by atoms with Gasteiger partial charge in [0.2, 0.25) is 0 Å². The lowest BCUT2D eigenvalue weighted by molar-refractivity contribution is 0.0208. The van der Waals surface area contributed by atoms with Crippen LogP contribution in [0.1, 0.15) is 40.2 Å². The fourth-order valence-electron chi connectivity index (χ4n) is 2.98. The zero-order chi connectivity index (χ0) is 27.6. The Morgan fingerprint density at radius 1 is 1.29 bits per heavy atom. The number of nitrogen functional groups attached to an aromatic ring is 1. The number of benzene rings is 1. The molecule has 1 atom stereocenters. The molecule has 0 radical (unpaired) electrons. The van der Waals surface area contributed by atoms with Crippen LogP contribution in [0.2, 0.25) is 0 Å². The summed E-state index contributed by atoms with van der Waals surface area (Å²) < 4.78 is 5.62. The molecule has 1 aromatic rings. The van der Waals surface area contributed by atoms with E-state index in [1.54, 1.807) is 20.1 Å². The van der Waals surface area contributed by atoms with E-state index in [0.29, 0.717) is 30.3 Å². The predicted octanol–water partition coefficient (Wildman–Crippen LogP) is 5.46. The fourth-order valence-corrected chi connectivity index (χ4v) is 2.98. The molecular weight excluding hydrogens is 436 g/mol. The van der Waals surface area contributed by atoms with Crippen molar-refractivity contribution in [1.82, 2.24) is 10.2 Å². The molecule has 0 amide bonds. The average molecular weight is 481 g/mol. The van der Waals surface area contributed by atoms with E-state index in [1.165, 1.54) is 0 Å². The van der Waals surface area contributed by atoms with Gasteiger partial charge in [0.25, 0.3) is 0 Å². The Kier molecular flexibility index (Phi) is 17.0. The smallest absolute Gasteiger partial charge is 0.142 e. The van der Waals surface area contributed by atoms with Gasteiger partial charge < -0.3 is 25.8 Å². The number of anilines is 1. The lowest BCUT2D eigenvalue weighted by atomic mass is 9.97. The maximum Gasteiger partial charge on any atom is 0.142 e. The van der Waals surface area contributed by atoms with Crippen molar-refractivity contribution in [1.29, 1.82) is 0 Å². The van der Waals surface area contributed by atoms with Gasteiger partial charge in [-0.25, -0.2) is 4.99 Å². The van der Waals surface area contributed by atoms with Crippen molar-refractivity contribution in [3.05, 3.63) is 85.4 Å². The molecule has 0 bridgehead atoms. The van der Waals surface area contributed by atoms with Crippen molar-refractivity contribution in [3.63, 3.8) is 0 Å². The quantitative estimate of drug-likeness (QED) is 0.160. The number of allylic oxidation sites excluding steroid dienone is 3. The van der Waals surface area contributed by atoms with Crippen molar-refractivity contribution in [2.24, 2.45) is 4.99 Å². The number of aliphatic imine (C=N–C) groups is 1. The molecular formula is C29H44N4O2. The Hall–Kier alpha value is -3.69. The van der Waals surface area contributed by atoms with E-state index >= 15 is 0 Å². The summed E-state index contributed by atoms with van der Waals surface area (Å²) in [5.41, 5.74) is 8.36. The van der Waals surface area contributed by atoms with E-state index in [1.807, 2.05) is 69.1 Å². The van der Waals surface area contributed by atoms with Gasteiger partial charge in [-0.2, -0.15) is 0 Å². The first-order valence-corrected chi connectivity index (χ1v) is 11.2. The molecule has 1 unspecified atom stereocenters. The summed E-state index contributed by atoms with van der Waals surface area (Å²) >= 11 is 0. The van der Waals surface area contributed by atoms with Crippen molar-refractivity contribution >= 4 is 11.9 Å². The van der Waals surface area contributed by atoms with Gasteiger partial charge in [0.1, 0.15) is 18.2 Å². The Morgan fingerprint density at radius 2 is 1.89 bits per heavy atom. The lowest BCUT2D eigenvalue weighted by Gasteiger charge is -2.36. The summed E-state index contributed by atoms with van der Waals surface area (Å²) in [6.45, 7) is 24.2. The normalized spacial score (nSPS) is 12.1. The highest BCUT2D eigenvalue weighted by Crippen LogP contribution is 2.23. The Bertz CT molecular complexity index is 905. The molecule has 192 valence electrons. The van der Waals surface area contributed by atoms with Crippen LogP contribution >= 0.6 is 0 Å². The molecule has 1 rings (SSSR count). The number of hydrogen-bond donors (Lipinski definition) is 3. The van der Waals surface area contributed by atoms with Gasteiger partial charge in [0, 0.05) is 19.3 Å². The molecule has 35 heavy (non-hydrogen) atoms. The highest BCUT2D eigenvalue weighted by atomic mass is 16.5. The number of aliphatic hydroxyl groups is 1. The second-order valence-corrected chi connectivity index (χ2v) is 8.14. The monoisotopic (exact) mass is 480 g/mol. The van der Waals surface area contributed by atoms with E-state index < -0.39 is 5.60 Å². The van der Waals surface area contributed by atoms with Crippen LogP contribution in [0.15, 0.2) is 84.8 Å². The molecule has 0 heterocycles. The number of rotatable bonds is 12. The van der Waals surface area contributed by atoms with Gasteiger partial charge in [-0.05, 0) is 64.0 Å². The topological polar surface area (TPSA) is 83.1 Å². The zero-order valence-corrected chi connectivity index (χ0v) is 22.3. The van der Waals surface area contributed by atoms with Gasteiger partial charge >= 0.3 is 0 Å². The summed E-state index contributed by atoms with van der Waals surface area (Å²) in [6.07, 6.45) is 15.5. The SMILES string of the molecule is C#C.C=C.C=C(C)COc1ccc(CNC(=C)/C=N/C(=C/C)N(C)C(C=CC)C(C)(C)O)cc1N. The van der Waals surface area contributed by atoms with Crippen molar-refractivity contribution in [2.75, 3.05) is 19.4 Å². The minimum atomic E-state index is -0.916. The van der Waals surface area contributed by atoms with Crippen LogP contribution in [0.25, 0.3) is 0 Å². The summed E-state index contributed by atoms with van der Waals surface area (Å²) in [5.74, 6) is 1.38. The third-order valence-electron chi connectivity index (χ3n) is 4.56. The maximum atomic E-state index is 10.5. The standard InChI is InChI=1S/C25H38N4O2.C2H4.C2H2/c1-9-11-23(25(6,7)30)29(8)24(10-2)28-15-19(5)27-16-20-12-13-22(21(26)14-20)31-17-18(3)4;2*1-2/h9-15,23,27,30H,3,5,16-17,26H2,1-2,4,6-8H3;1-2H2;1-2H/b11-9?,24-10-,28-15+;;. The van der Waals surface area contributed by atoms with Crippen LogP contribution in [0.5, 0.6) is 5.75 Å². The number of nitrogens with one attached hydrogen (secondary N) is 1. The summed E-state index contributed by atoms with van der Waals surface area (Å²) in [6, 6.07) is 5.48. The number of nitrogens with two attached hydrogens (primary N) is 1. The summed E-state index contributed by atoms with van der Waals surface area (Å²) in [5, 5.41) is 13.7. The highest BCUT2D eigenvalue weighted by Gasteiger charge is 2.28. The number of nitrogens with zero attached hydrogens (tertiary/aromatic N) is 2. The van der Waals surface area contributed by atoms with Crippen molar-refractivity contribution in [2.45, 2.75) is 52.8 Å². The van der Waals surface area contributed by atoms with E-state index in [-0.39, 0.29) is 6.04 Å². The van der Waals surface area contributed by atoms with Crippen LogP contribution in [0, 0.1) is 12.8 Å². The first kappa shape index (κ1) is 33.5. The molecule has 1 aromatic carbocycles. The van der Waals surface area contributed by atoms with Gasteiger partial charge in [0.15, 0.2) is 0 Å². The molecule has 0 fully saturated rings. The number of hydrogen-bond acceptors (Lipinski definition) is 6. The zero-order valence-electron chi connectivity index (χ0n) is 22.3. The molecule has 0 spiro atoms. The largest absolute Gasteiger partial charge is 0.487 e. The van der Waals surface area contributed by atoms with Gasteiger partial charge in [0.05, 0.1) is 23.5 Å². The molecule has 0 aliphatic carbocycles. The van der Waals surface area contributed by atoms with E-state index in [4.69, 9.17) is 10.5 Å². The predicted molar refractivity (Wildman–Crippen MR) is 153 cm³/mol. The number of ether oxygens (including phenoxy) is 1. The van der Waals surface area contributed by atoms with E-state index in [2.05, 4.69) is 49.5 Å². The third kappa shape index (κ3) is 13.0. The van der Waals surface area contributed by atoms with Crippen LogP contribution < -0.4 is 15.8 Å². The summed E-state index contributed by atoms with van der Waals surface area (Å²) in [4.78, 5) is 6.48. The maximum absolute atomic E-state index is 10.5. The molecule has 0 saturated carbocycles. The molecule has 6 heteroatoms. The lowest BCUT2D eigenvalue weighted by Crippen LogP contribution is -2.45. The second-order valence-electron chi connectivity index (χ2n) is 8.14. The first-order valence-electron chi connectivity index (χ1n) is 11.2. The average Bonchev–Trinajstić information content (AvgIpc) is 2.82. The first-order chi connectivity index (χ1) is 16.5. The summed E-state index contributed by atoms with van der Waals surface area (Å²) in [7, 11) is 1.91. The second kappa shape index (κ2) is 17.7. The van der Waals surface area contributed by atoms with E-state index in [0.717, 1.165) is 17.0 Å². The fraction of sp³-hybridized carbons (Fsp3) is 0.345. The molecule has 4 N–H and O–H groups in total. The van der Waals surface area contributed by atoms with Crippen molar-refractivity contribution in [3.8, 4) is 18.6 Å². The number of terminal acetylenes is 1. The molecule has 0 saturated heterocycles. The number of likely N-dealkylation sites (N-methyl/N-ethyl adjacent to an activating group) is 1. The highest BCUT2D eigenvalue weighted by molar-refractivity contribution is 5.77. The van der Waals surface area contributed by atoms with Crippen LogP contribution in [0.3, 0.4) is 0 Å². The van der Waals surface area contributed by atoms with Crippen molar-refractivity contribution < 1.29 is 9.84 Å². The van der Waals surface area contributed by atoms with Gasteiger partial charge in [-0.1, -0.05) is 31.4 Å². The third-order valence-corrected chi connectivity index (χ3v) is 4.56. The molecule has 0 aliphatic heterocycles.